The van der Waals surface area contributed by atoms with E-state index in [0.717, 1.165) is 10.4 Å². The number of thiophene rings is 1. The number of methoxy groups -OCH3 is 2. The zero-order valence-electron chi connectivity index (χ0n) is 15.7. The number of likely N-dealkylation sites (N-methyl/N-ethyl adjacent to an activating group) is 1. The van der Waals surface area contributed by atoms with Gasteiger partial charge in [0, 0.05) is 23.1 Å². The molecule has 0 atom stereocenters. The van der Waals surface area contributed by atoms with Crippen LogP contribution in [0.1, 0.15) is 17.4 Å². The summed E-state index contributed by atoms with van der Waals surface area (Å²) in [6.07, 6.45) is 3.10. The van der Waals surface area contributed by atoms with Crippen molar-refractivity contribution in [1.29, 1.82) is 0 Å². The molecule has 2 rings (SSSR count). The highest BCUT2D eigenvalue weighted by Crippen LogP contribution is 2.25. The Kier molecular flexibility index (Phi) is 7.88. The minimum absolute atomic E-state index is 0.0142. The second-order valence-electron chi connectivity index (χ2n) is 5.65. The van der Waals surface area contributed by atoms with Gasteiger partial charge in [0.1, 0.15) is 11.5 Å². The second-order valence-corrected chi connectivity index (χ2v) is 6.68. The predicted octanol–water partition coefficient (Wildman–Crippen LogP) is 2.94. The van der Waals surface area contributed by atoms with Crippen molar-refractivity contribution in [2.75, 3.05) is 27.3 Å². The molecule has 0 unspecified atom stereocenters. The molecule has 0 aliphatic rings. The highest BCUT2D eigenvalue weighted by molar-refractivity contribution is 7.09. The summed E-state index contributed by atoms with van der Waals surface area (Å²) in [6, 6.07) is 9.24. The maximum Gasteiger partial charge on any atom is 0.247 e. The molecule has 27 heavy (non-hydrogen) atoms. The van der Waals surface area contributed by atoms with Crippen molar-refractivity contribution in [1.82, 2.24) is 10.2 Å². The summed E-state index contributed by atoms with van der Waals surface area (Å²) in [5, 5.41) is 4.79. The zero-order chi connectivity index (χ0) is 19.6. The molecule has 7 heteroatoms. The summed E-state index contributed by atoms with van der Waals surface area (Å²) >= 11 is 1.58. The molecule has 0 saturated heterocycles. The number of amides is 2. The maximum absolute atomic E-state index is 12.5. The van der Waals surface area contributed by atoms with Crippen LogP contribution in [-0.4, -0.2) is 44.0 Å². The molecule has 0 bridgehead atoms. The minimum Gasteiger partial charge on any atom is -0.497 e. The first-order valence-corrected chi connectivity index (χ1v) is 9.43. The molecule has 1 aromatic heterocycles. The highest BCUT2D eigenvalue weighted by Gasteiger charge is 2.13. The van der Waals surface area contributed by atoms with E-state index >= 15 is 0 Å². The molecule has 0 spiro atoms. The van der Waals surface area contributed by atoms with Crippen molar-refractivity contribution in [3.8, 4) is 11.5 Å². The normalized spacial score (nSPS) is 10.6. The molecule has 0 aliphatic carbocycles. The third-order valence-electron chi connectivity index (χ3n) is 3.91. The van der Waals surface area contributed by atoms with Crippen LogP contribution in [0.2, 0.25) is 0 Å². The van der Waals surface area contributed by atoms with Crippen LogP contribution in [0.4, 0.5) is 0 Å². The first-order valence-electron chi connectivity index (χ1n) is 8.55. The number of rotatable bonds is 9. The van der Waals surface area contributed by atoms with Crippen LogP contribution in [0.3, 0.4) is 0 Å². The van der Waals surface area contributed by atoms with Crippen molar-refractivity contribution in [2.45, 2.75) is 13.5 Å². The molecule has 2 aromatic rings. The Labute approximate surface area is 163 Å². The minimum atomic E-state index is -0.242. The van der Waals surface area contributed by atoms with E-state index in [1.165, 1.54) is 11.0 Å². The fraction of sp³-hybridized carbons (Fsp3) is 0.300. The van der Waals surface area contributed by atoms with Crippen LogP contribution in [0.5, 0.6) is 11.5 Å². The number of benzene rings is 1. The monoisotopic (exact) mass is 388 g/mol. The van der Waals surface area contributed by atoms with Gasteiger partial charge in [-0.2, -0.15) is 0 Å². The summed E-state index contributed by atoms with van der Waals surface area (Å²) in [5.74, 6) is 0.874. The lowest BCUT2D eigenvalue weighted by Crippen LogP contribution is -2.39. The molecule has 6 nitrogen and oxygen atoms in total. The fourth-order valence-corrected chi connectivity index (χ4v) is 3.05. The Morgan fingerprint density at radius 3 is 2.67 bits per heavy atom. The van der Waals surface area contributed by atoms with E-state index in [1.54, 1.807) is 49.8 Å². The Morgan fingerprint density at radius 2 is 2.04 bits per heavy atom. The van der Waals surface area contributed by atoms with E-state index in [0.29, 0.717) is 24.6 Å². The van der Waals surface area contributed by atoms with E-state index in [1.807, 2.05) is 24.4 Å². The number of carbonyl (C=O) groups excluding carboxylic acids is 2. The maximum atomic E-state index is 12.5. The number of ether oxygens (including phenoxy) is 2. The van der Waals surface area contributed by atoms with Crippen LogP contribution in [-0.2, 0) is 16.1 Å². The molecular formula is C20H24N2O4S. The Balaban J connectivity index is 1.97. The van der Waals surface area contributed by atoms with Crippen molar-refractivity contribution < 1.29 is 19.1 Å². The number of carbonyl (C=O) groups is 2. The average molecular weight is 388 g/mol. The van der Waals surface area contributed by atoms with E-state index in [-0.39, 0.29) is 18.4 Å². The van der Waals surface area contributed by atoms with Gasteiger partial charge in [-0.1, -0.05) is 6.07 Å². The number of hydrogen-bond donors (Lipinski definition) is 1. The van der Waals surface area contributed by atoms with Crippen LogP contribution >= 0.6 is 11.3 Å². The molecule has 1 N–H and O–H groups in total. The van der Waals surface area contributed by atoms with Crippen molar-refractivity contribution in [2.24, 2.45) is 0 Å². The average Bonchev–Trinajstić information content (AvgIpc) is 3.22. The van der Waals surface area contributed by atoms with Gasteiger partial charge in [-0.25, -0.2) is 0 Å². The molecule has 0 radical (unpaired) electrons. The van der Waals surface area contributed by atoms with Crippen LogP contribution in [0, 0.1) is 0 Å². The van der Waals surface area contributed by atoms with Gasteiger partial charge in [0.25, 0.3) is 0 Å². The summed E-state index contributed by atoms with van der Waals surface area (Å²) in [7, 11) is 3.14. The van der Waals surface area contributed by atoms with Gasteiger partial charge in [0.2, 0.25) is 11.8 Å². The van der Waals surface area contributed by atoms with Crippen LogP contribution < -0.4 is 14.8 Å². The van der Waals surface area contributed by atoms with Gasteiger partial charge >= 0.3 is 0 Å². The molecule has 2 amide bonds. The molecule has 0 fully saturated rings. The molecule has 0 aliphatic heterocycles. The van der Waals surface area contributed by atoms with Crippen molar-refractivity contribution in [3.63, 3.8) is 0 Å². The number of nitrogens with one attached hydrogen (secondary N) is 1. The van der Waals surface area contributed by atoms with Gasteiger partial charge in [-0.3, -0.25) is 9.59 Å². The van der Waals surface area contributed by atoms with Gasteiger partial charge in [-0.05, 0) is 42.6 Å². The van der Waals surface area contributed by atoms with Gasteiger partial charge in [0.15, 0.2) is 0 Å². The van der Waals surface area contributed by atoms with E-state index in [2.05, 4.69) is 5.32 Å². The molecular weight excluding hydrogens is 364 g/mol. The smallest absolute Gasteiger partial charge is 0.247 e. The van der Waals surface area contributed by atoms with E-state index in [9.17, 15) is 9.59 Å². The van der Waals surface area contributed by atoms with Crippen LogP contribution in [0.15, 0.2) is 41.8 Å². The Bertz CT molecular complexity index is 787. The predicted molar refractivity (Wildman–Crippen MR) is 107 cm³/mol. The van der Waals surface area contributed by atoms with Gasteiger partial charge < -0.3 is 19.7 Å². The summed E-state index contributed by atoms with van der Waals surface area (Å²) in [5.41, 5.74) is 0.725. The van der Waals surface area contributed by atoms with E-state index in [4.69, 9.17) is 9.47 Å². The van der Waals surface area contributed by atoms with Gasteiger partial charge in [-0.15, -0.1) is 11.3 Å². The Hall–Kier alpha value is -2.80. The molecule has 144 valence electrons. The standard InChI is InChI=1S/C20H24N2O4S/c1-4-22(14-19(23)21-13-17-6-5-11-27-17)20(24)10-7-15-12-16(25-2)8-9-18(15)26-3/h5-12H,4,13-14H2,1-3H3,(H,21,23). The molecule has 1 heterocycles. The molecule has 1 aromatic carbocycles. The largest absolute Gasteiger partial charge is 0.497 e. The highest BCUT2D eigenvalue weighted by atomic mass is 32.1. The van der Waals surface area contributed by atoms with E-state index < -0.39 is 0 Å². The Morgan fingerprint density at radius 1 is 1.22 bits per heavy atom. The lowest BCUT2D eigenvalue weighted by molar-refractivity contribution is -0.132. The lowest BCUT2D eigenvalue weighted by atomic mass is 10.1. The van der Waals surface area contributed by atoms with Crippen molar-refractivity contribution in [3.05, 3.63) is 52.2 Å². The lowest BCUT2D eigenvalue weighted by Gasteiger charge is -2.18. The third kappa shape index (κ3) is 6.14. The number of nitrogens with zero attached hydrogens (tertiary/aromatic N) is 1. The first kappa shape index (κ1) is 20.5. The summed E-state index contributed by atoms with van der Waals surface area (Å²) < 4.78 is 10.5. The fourth-order valence-electron chi connectivity index (χ4n) is 2.41. The van der Waals surface area contributed by atoms with Crippen molar-refractivity contribution >= 4 is 29.2 Å². The summed E-state index contributed by atoms with van der Waals surface area (Å²) in [4.78, 5) is 27.1. The van der Waals surface area contributed by atoms with Gasteiger partial charge in [0.05, 0.1) is 27.3 Å². The second kappa shape index (κ2) is 10.4. The quantitative estimate of drug-likeness (QED) is 0.671. The third-order valence-corrected chi connectivity index (χ3v) is 4.79. The molecule has 0 saturated carbocycles. The SMILES string of the molecule is CCN(CC(=O)NCc1cccs1)C(=O)C=Cc1cc(OC)ccc1OC. The number of hydrogen-bond acceptors (Lipinski definition) is 5. The topological polar surface area (TPSA) is 67.9 Å². The first-order chi connectivity index (χ1) is 13.1. The zero-order valence-corrected chi connectivity index (χ0v) is 16.5. The van der Waals surface area contributed by atoms with Crippen LogP contribution in [0.25, 0.3) is 6.08 Å². The summed E-state index contributed by atoms with van der Waals surface area (Å²) in [6.45, 7) is 2.76.